The van der Waals surface area contributed by atoms with Crippen molar-refractivity contribution in [1.82, 2.24) is 4.90 Å². The van der Waals surface area contributed by atoms with Gasteiger partial charge in [0.05, 0.1) is 4.92 Å². The number of nitrogens with two attached hydrogens (primary N) is 1. The summed E-state index contributed by atoms with van der Waals surface area (Å²) in [7, 11) is 0. The second-order valence-corrected chi connectivity index (χ2v) is 5.52. The van der Waals surface area contributed by atoms with Crippen molar-refractivity contribution in [3.05, 3.63) is 39.4 Å². The number of rotatable bonds is 4. The van der Waals surface area contributed by atoms with Crippen molar-refractivity contribution < 1.29 is 9.72 Å². The maximum atomic E-state index is 12.5. The molecule has 6 heteroatoms. The number of carbonyl (C=O) groups is 1. The first-order valence-electron chi connectivity index (χ1n) is 7.28. The van der Waals surface area contributed by atoms with Gasteiger partial charge >= 0.3 is 0 Å². The molecule has 1 aliphatic heterocycles. The molecule has 114 valence electrons. The minimum absolute atomic E-state index is 0.00105. The number of benzene rings is 1. The van der Waals surface area contributed by atoms with E-state index in [0.29, 0.717) is 36.7 Å². The van der Waals surface area contributed by atoms with Crippen molar-refractivity contribution in [1.29, 1.82) is 0 Å². The zero-order valence-corrected chi connectivity index (χ0v) is 12.2. The average Bonchev–Trinajstić information content (AvgIpc) is 2.47. The van der Waals surface area contributed by atoms with Crippen LogP contribution in [0.15, 0.2) is 18.2 Å². The smallest absolute Gasteiger partial charge is 0.273 e. The molecule has 0 aromatic heterocycles. The molecule has 1 aliphatic rings. The summed E-state index contributed by atoms with van der Waals surface area (Å²) < 4.78 is 0. The minimum Gasteiger partial charge on any atom is -0.339 e. The van der Waals surface area contributed by atoms with Gasteiger partial charge in [-0.3, -0.25) is 14.9 Å². The molecule has 21 heavy (non-hydrogen) atoms. The molecule has 0 unspecified atom stereocenters. The van der Waals surface area contributed by atoms with E-state index >= 15 is 0 Å². The second kappa shape index (κ2) is 6.67. The molecule has 0 radical (unpaired) electrons. The Bertz CT molecular complexity index is 537. The number of likely N-dealkylation sites (tertiary alicyclic amines) is 1. The van der Waals surface area contributed by atoms with Crippen LogP contribution in [0.1, 0.15) is 35.2 Å². The summed E-state index contributed by atoms with van der Waals surface area (Å²) in [5.41, 5.74) is 6.44. The summed E-state index contributed by atoms with van der Waals surface area (Å²) in [4.78, 5) is 24.8. The highest BCUT2D eigenvalue weighted by atomic mass is 16.6. The van der Waals surface area contributed by atoms with Crippen LogP contribution >= 0.6 is 0 Å². The van der Waals surface area contributed by atoms with Gasteiger partial charge in [0.2, 0.25) is 0 Å². The molecule has 0 aliphatic carbocycles. The van der Waals surface area contributed by atoms with Crippen molar-refractivity contribution in [3.63, 3.8) is 0 Å². The summed E-state index contributed by atoms with van der Waals surface area (Å²) >= 11 is 0. The van der Waals surface area contributed by atoms with Crippen molar-refractivity contribution in [2.45, 2.75) is 26.2 Å². The summed E-state index contributed by atoms with van der Waals surface area (Å²) in [6.45, 7) is 3.71. The fourth-order valence-corrected chi connectivity index (χ4v) is 2.88. The first kappa shape index (κ1) is 15.4. The van der Waals surface area contributed by atoms with Crippen LogP contribution in [0.2, 0.25) is 0 Å². The van der Waals surface area contributed by atoms with Gasteiger partial charge in [-0.05, 0) is 44.7 Å². The highest BCUT2D eigenvalue weighted by molar-refractivity contribution is 5.96. The van der Waals surface area contributed by atoms with Crippen molar-refractivity contribution in [2.24, 2.45) is 11.7 Å². The van der Waals surface area contributed by atoms with E-state index in [2.05, 4.69) is 0 Å². The largest absolute Gasteiger partial charge is 0.339 e. The van der Waals surface area contributed by atoms with Gasteiger partial charge in [0.25, 0.3) is 11.6 Å². The molecule has 0 spiro atoms. The van der Waals surface area contributed by atoms with E-state index in [1.54, 1.807) is 24.0 Å². The van der Waals surface area contributed by atoms with Crippen molar-refractivity contribution >= 4 is 11.6 Å². The SMILES string of the molecule is Cc1c(C(=O)N2CCC(CCN)CC2)cccc1[N+](=O)[O-]. The first-order valence-corrected chi connectivity index (χ1v) is 7.28. The quantitative estimate of drug-likeness (QED) is 0.679. The number of amides is 1. The van der Waals surface area contributed by atoms with Crippen LogP contribution in [0.4, 0.5) is 5.69 Å². The molecule has 2 N–H and O–H groups in total. The Morgan fingerprint density at radius 2 is 2.10 bits per heavy atom. The first-order chi connectivity index (χ1) is 10.0. The minimum atomic E-state index is -0.445. The molecule has 1 aromatic carbocycles. The molecule has 1 amide bonds. The number of hydrogen-bond acceptors (Lipinski definition) is 4. The Morgan fingerprint density at radius 3 is 2.67 bits per heavy atom. The Kier molecular flexibility index (Phi) is 4.90. The average molecular weight is 291 g/mol. The van der Waals surface area contributed by atoms with Crippen LogP contribution in [0, 0.1) is 23.0 Å². The Labute approximate surface area is 124 Å². The lowest BCUT2D eigenvalue weighted by Crippen LogP contribution is -2.39. The summed E-state index contributed by atoms with van der Waals surface area (Å²) in [5.74, 6) is 0.479. The van der Waals surface area contributed by atoms with Crippen LogP contribution in [0.3, 0.4) is 0 Å². The van der Waals surface area contributed by atoms with Crippen LogP contribution < -0.4 is 5.73 Å². The monoisotopic (exact) mass is 291 g/mol. The fraction of sp³-hybridized carbons (Fsp3) is 0.533. The van der Waals surface area contributed by atoms with E-state index in [-0.39, 0.29) is 11.6 Å². The normalized spacial score (nSPS) is 16.0. The van der Waals surface area contributed by atoms with Crippen LogP contribution in [-0.2, 0) is 0 Å². The maximum absolute atomic E-state index is 12.5. The van der Waals surface area contributed by atoms with Gasteiger partial charge in [0.1, 0.15) is 0 Å². The third-order valence-electron chi connectivity index (χ3n) is 4.21. The zero-order chi connectivity index (χ0) is 15.4. The molecule has 1 fully saturated rings. The molecule has 6 nitrogen and oxygen atoms in total. The highest BCUT2D eigenvalue weighted by Crippen LogP contribution is 2.25. The van der Waals surface area contributed by atoms with Gasteiger partial charge in [-0.25, -0.2) is 0 Å². The van der Waals surface area contributed by atoms with E-state index in [1.807, 2.05) is 0 Å². The zero-order valence-electron chi connectivity index (χ0n) is 12.2. The number of piperidine rings is 1. The predicted octanol–water partition coefficient (Wildman–Crippen LogP) is 2.10. The molecule has 0 bridgehead atoms. The van der Waals surface area contributed by atoms with E-state index < -0.39 is 4.92 Å². The standard InChI is InChI=1S/C15H21N3O3/c1-11-13(3-2-4-14(11)18(20)21)15(19)17-9-6-12(5-8-16)7-10-17/h2-4,12H,5-10,16H2,1H3. The lowest BCUT2D eigenvalue weighted by molar-refractivity contribution is -0.385. The van der Waals surface area contributed by atoms with E-state index in [0.717, 1.165) is 19.3 Å². The topological polar surface area (TPSA) is 89.5 Å². The number of nitro benzene ring substituents is 1. The molecule has 2 rings (SSSR count). The van der Waals surface area contributed by atoms with Crippen LogP contribution in [-0.4, -0.2) is 35.4 Å². The van der Waals surface area contributed by atoms with Gasteiger partial charge in [0.15, 0.2) is 0 Å². The van der Waals surface area contributed by atoms with Crippen LogP contribution in [0.25, 0.3) is 0 Å². The lowest BCUT2D eigenvalue weighted by Gasteiger charge is -2.32. The molecule has 1 aromatic rings. The lowest BCUT2D eigenvalue weighted by atomic mass is 9.93. The molecule has 1 saturated heterocycles. The van der Waals surface area contributed by atoms with E-state index in [9.17, 15) is 14.9 Å². The molecular formula is C15H21N3O3. The van der Waals surface area contributed by atoms with Gasteiger partial charge in [-0.1, -0.05) is 6.07 Å². The van der Waals surface area contributed by atoms with Gasteiger partial charge in [0, 0.05) is 30.3 Å². The summed E-state index contributed by atoms with van der Waals surface area (Å²) in [6.07, 6.45) is 2.91. The van der Waals surface area contributed by atoms with Gasteiger partial charge in [-0.2, -0.15) is 0 Å². The highest BCUT2D eigenvalue weighted by Gasteiger charge is 2.26. The number of nitro groups is 1. The molecule has 0 saturated carbocycles. The Hall–Kier alpha value is -1.95. The van der Waals surface area contributed by atoms with Crippen molar-refractivity contribution in [3.8, 4) is 0 Å². The molecular weight excluding hydrogens is 270 g/mol. The molecule has 1 heterocycles. The summed E-state index contributed by atoms with van der Waals surface area (Å²) in [6, 6.07) is 4.66. The third kappa shape index (κ3) is 3.39. The number of nitrogens with zero attached hydrogens (tertiary/aromatic N) is 2. The van der Waals surface area contributed by atoms with Gasteiger partial charge in [-0.15, -0.1) is 0 Å². The number of hydrogen-bond donors (Lipinski definition) is 1. The van der Waals surface area contributed by atoms with Crippen LogP contribution in [0.5, 0.6) is 0 Å². The Morgan fingerprint density at radius 1 is 1.43 bits per heavy atom. The summed E-state index contributed by atoms with van der Waals surface area (Å²) in [5, 5.41) is 11.0. The predicted molar refractivity (Wildman–Crippen MR) is 80.1 cm³/mol. The maximum Gasteiger partial charge on any atom is 0.273 e. The van der Waals surface area contributed by atoms with E-state index in [4.69, 9.17) is 5.73 Å². The number of carbonyl (C=O) groups excluding carboxylic acids is 1. The van der Waals surface area contributed by atoms with E-state index in [1.165, 1.54) is 6.07 Å². The Balaban J connectivity index is 2.11. The van der Waals surface area contributed by atoms with Crippen molar-refractivity contribution in [2.75, 3.05) is 19.6 Å². The van der Waals surface area contributed by atoms with Gasteiger partial charge < -0.3 is 10.6 Å². The third-order valence-corrected chi connectivity index (χ3v) is 4.21. The second-order valence-electron chi connectivity index (χ2n) is 5.52. The molecule has 0 atom stereocenters. The fourth-order valence-electron chi connectivity index (χ4n) is 2.88.